The number of carbonyl (C=O) groups excluding carboxylic acids is 1. The zero-order valence-corrected chi connectivity index (χ0v) is 9.48. The minimum Gasteiger partial charge on any atom is -0.395 e. The zero-order valence-electron chi connectivity index (χ0n) is 9.48. The highest BCUT2D eigenvalue weighted by Crippen LogP contribution is 2.08. The zero-order chi connectivity index (χ0) is 11.7. The molecule has 0 spiro atoms. The predicted molar refractivity (Wildman–Crippen MR) is 61.3 cm³/mol. The van der Waals surface area contributed by atoms with Crippen molar-refractivity contribution in [1.82, 2.24) is 4.90 Å². The Hall–Kier alpha value is -0.870. The van der Waals surface area contributed by atoms with E-state index in [2.05, 4.69) is 6.58 Å². The lowest BCUT2D eigenvalue weighted by Gasteiger charge is -2.22. The molecule has 0 aromatic carbocycles. The summed E-state index contributed by atoms with van der Waals surface area (Å²) in [5.41, 5.74) is 5.54. The van der Waals surface area contributed by atoms with Gasteiger partial charge in [0.05, 0.1) is 6.61 Å². The fourth-order valence-electron chi connectivity index (χ4n) is 1.36. The van der Waals surface area contributed by atoms with E-state index in [9.17, 15) is 4.79 Å². The Morgan fingerprint density at radius 3 is 2.73 bits per heavy atom. The fourth-order valence-corrected chi connectivity index (χ4v) is 1.36. The highest BCUT2D eigenvalue weighted by atomic mass is 16.3. The summed E-state index contributed by atoms with van der Waals surface area (Å²) in [6.07, 6.45) is 3.03. The molecule has 1 unspecified atom stereocenters. The van der Waals surface area contributed by atoms with E-state index >= 15 is 0 Å². The lowest BCUT2D eigenvalue weighted by molar-refractivity contribution is -0.132. The molecule has 15 heavy (non-hydrogen) atoms. The molecule has 4 heteroatoms. The third-order valence-corrected chi connectivity index (χ3v) is 2.45. The SMILES string of the molecule is C=CCN(CCO)C(=O)CC(CC)CN. The third kappa shape index (κ3) is 5.54. The summed E-state index contributed by atoms with van der Waals surface area (Å²) in [5.74, 6) is 0.282. The van der Waals surface area contributed by atoms with Crippen LogP contribution in [0.1, 0.15) is 19.8 Å². The van der Waals surface area contributed by atoms with E-state index in [1.807, 2.05) is 6.92 Å². The van der Waals surface area contributed by atoms with Crippen LogP contribution in [0.25, 0.3) is 0 Å². The standard InChI is InChI=1S/C11H22N2O2/c1-3-5-13(6-7-14)11(15)8-10(4-2)9-12/h3,10,14H,1,4-9,12H2,2H3. The highest BCUT2D eigenvalue weighted by Gasteiger charge is 2.15. The molecule has 0 saturated carbocycles. The van der Waals surface area contributed by atoms with Crippen LogP contribution >= 0.6 is 0 Å². The number of amides is 1. The number of hydrogen-bond acceptors (Lipinski definition) is 3. The molecule has 4 nitrogen and oxygen atoms in total. The maximum Gasteiger partial charge on any atom is 0.223 e. The van der Waals surface area contributed by atoms with Gasteiger partial charge in [-0.05, 0) is 12.5 Å². The fraction of sp³-hybridized carbons (Fsp3) is 0.727. The maximum atomic E-state index is 11.8. The number of rotatable bonds is 8. The van der Waals surface area contributed by atoms with Crippen LogP contribution in [0.2, 0.25) is 0 Å². The van der Waals surface area contributed by atoms with E-state index in [1.54, 1.807) is 11.0 Å². The second-order valence-corrected chi connectivity index (χ2v) is 3.57. The van der Waals surface area contributed by atoms with Gasteiger partial charge in [-0.15, -0.1) is 6.58 Å². The molecule has 0 aliphatic rings. The van der Waals surface area contributed by atoms with E-state index in [0.29, 0.717) is 26.1 Å². The number of carbonyl (C=O) groups is 1. The number of nitrogens with two attached hydrogens (primary N) is 1. The summed E-state index contributed by atoms with van der Waals surface area (Å²) in [4.78, 5) is 13.4. The Morgan fingerprint density at radius 1 is 1.67 bits per heavy atom. The molecule has 3 N–H and O–H groups in total. The van der Waals surface area contributed by atoms with Crippen LogP contribution in [0.5, 0.6) is 0 Å². The van der Waals surface area contributed by atoms with Crippen molar-refractivity contribution in [3.8, 4) is 0 Å². The Bertz CT molecular complexity index is 191. The van der Waals surface area contributed by atoms with E-state index < -0.39 is 0 Å². The van der Waals surface area contributed by atoms with Gasteiger partial charge in [0.15, 0.2) is 0 Å². The van der Waals surface area contributed by atoms with Crippen molar-refractivity contribution < 1.29 is 9.90 Å². The minimum atomic E-state index is -0.0149. The molecule has 1 amide bonds. The summed E-state index contributed by atoms with van der Waals surface area (Å²) in [5, 5.41) is 8.81. The molecule has 1 atom stereocenters. The maximum absolute atomic E-state index is 11.8. The van der Waals surface area contributed by atoms with Gasteiger partial charge in [-0.25, -0.2) is 0 Å². The van der Waals surface area contributed by atoms with Crippen molar-refractivity contribution in [3.63, 3.8) is 0 Å². The summed E-state index contributed by atoms with van der Waals surface area (Å²) >= 11 is 0. The van der Waals surface area contributed by atoms with Gasteiger partial charge in [-0.2, -0.15) is 0 Å². The molecule has 0 bridgehead atoms. The van der Waals surface area contributed by atoms with Crippen LogP contribution in [0.3, 0.4) is 0 Å². The smallest absolute Gasteiger partial charge is 0.223 e. The lowest BCUT2D eigenvalue weighted by Crippen LogP contribution is -2.35. The summed E-state index contributed by atoms with van der Waals surface area (Å²) in [6, 6.07) is 0. The van der Waals surface area contributed by atoms with Crippen LogP contribution in [-0.4, -0.2) is 42.2 Å². The number of hydrogen-bond donors (Lipinski definition) is 2. The first-order valence-electron chi connectivity index (χ1n) is 5.39. The van der Waals surface area contributed by atoms with Crippen LogP contribution in [0.15, 0.2) is 12.7 Å². The summed E-state index contributed by atoms with van der Waals surface area (Å²) < 4.78 is 0. The van der Waals surface area contributed by atoms with Crippen LogP contribution < -0.4 is 5.73 Å². The quantitative estimate of drug-likeness (QED) is 0.574. The first-order valence-corrected chi connectivity index (χ1v) is 5.39. The van der Waals surface area contributed by atoms with E-state index in [0.717, 1.165) is 6.42 Å². The van der Waals surface area contributed by atoms with Gasteiger partial charge in [0, 0.05) is 19.5 Å². The molecular weight excluding hydrogens is 192 g/mol. The monoisotopic (exact) mass is 214 g/mol. The van der Waals surface area contributed by atoms with Crippen molar-refractivity contribution >= 4 is 5.91 Å². The molecule has 0 aliphatic carbocycles. The largest absolute Gasteiger partial charge is 0.395 e. The molecule has 0 rings (SSSR count). The lowest BCUT2D eigenvalue weighted by atomic mass is 10.0. The normalized spacial score (nSPS) is 12.2. The summed E-state index contributed by atoms with van der Waals surface area (Å²) in [7, 11) is 0. The Kier molecular flexibility index (Phi) is 7.95. The topological polar surface area (TPSA) is 66.6 Å². The first-order chi connectivity index (χ1) is 7.19. The third-order valence-electron chi connectivity index (χ3n) is 2.45. The van der Waals surface area contributed by atoms with Crippen molar-refractivity contribution in [2.24, 2.45) is 11.7 Å². The first kappa shape index (κ1) is 14.1. The van der Waals surface area contributed by atoms with Crippen molar-refractivity contribution in [2.45, 2.75) is 19.8 Å². The number of nitrogens with zero attached hydrogens (tertiary/aromatic N) is 1. The minimum absolute atomic E-state index is 0.0149. The van der Waals surface area contributed by atoms with Gasteiger partial charge >= 0.3 is 0 Å². The molecule has 0 aromatic heterocycles. The average Bonchev–Trinajstić information content (AvgIpc) is 2.25. The van der Waals surface area contributed by atoms with Gasteiger partial charge in [0.1, 0.15) is 0 Å². The van der Waals surface area contributed by atoms with Crippen molar-refractivity contribution in [1.29, 1.82) is 0 Å². The van der Waals surface area contributed by atoms with Crippen molar-refractivity contribution in [2.75, 3.05) is 26.2 Å². The van der Waals surface area contributed by atoms with Crippen LogP contribution in [0, 0.1) is 5.92 Å². The number of aliphatic hydroxyl groups is 1. The van der Waals surface area contributed by atoms with Crippen molar-refractivity contribution in [3.05, 3.63) is 12.7 Å². The Morgan fingerprint density at radius 2 is 2.33 bits per heavy atom. The molecule has 0 aliphatic heterocycles. The van der Waals surface area contributed by atoms with Crippen LogP contribution in [0.4, 0.5) is 0 Å². The Balaban J connectivity index is 4.16. The van der Waals surface area contributed by atoms with E-state index in [-0.39, 0.29) is 18.4 Å². The molecule has 0 saturated heterocycles. The molecule has 88 valence electrons. The molecule has 0 radical (unpaired) electrons. The molecular formula is C11H22N2O2. The van der Waals surface area contributed by atoms with E-state index in [4.69, 9.17) is 10.8 Å². The van der Waals surface area contributed by atoms with E-state index in [1.165, 1.54) is 0 Å². The second kappa shape index (κ2) is 8.44. The van der Waals surface area contributed by atoms with Crippen LogP contribution in [-0.2, 0) is 4.79 Å². The van der Waals surface area contributed by atoms with Gasteiger partial charge in [-0.3, -0.25) is 4.79 Å². The predicted octanol–water partition coefficient (Wildman–Crippen LogP) is 0.368. The van der Waals surface area contributed by atoms with Gasteiger partial charge in [-0.1, -0.05) is 19.4 Å². The second-order valence-electron chi connectivity index (χ2n) is 3.57. The highest BCUT2D eigenvalue weighted by molar-refractivity contribution is 5.76. The average molecular weight is 214 g/mol. The summed E-state index contributed by atoms with van der Waals surface area (Å²) in [6.45, 7) is 6.98. The molecule has 0 heterocycles. The molecule has 0 fully saturated rings. The van der Waals surface area contributed by atoms with Gasteiger partial charge in [0.2, 0.25) is 5.91 Å². The Labute approximate surface area is 91.8 Å². The molecule has 0 aromatic rings. The number of aliphatic hydroxyl groups excluding tert-OH is 1. The van der Waals surface area contributed by atoms with Gasteiger partial charge in [0.25, 0.3) is 0 Å². The van der Waals surface area contributed by atoms with Gasteiger partial charge < -0.3 is 15.7 Å².